The van der Waals surface area contributed by atoms with Crippen LogP contribution in [-0.2, 0) is 0 Å². The fraction of sp³-hybridized carbons (Fsp3) is 0.233. The predicted octanol–water partition coefficient (Wildman–Crippen LogP) is 6.03. The first-order valence-corrected chi connectivity index (χ1v) is 12.5. The molecule has 0 bridgehead atoms. The Morgan fingerprint density at radius 1 is 1.21 bits per heavy atom. The summed E-state index contributed by atoms with van der Waals surface area (Å²) in [5.41, 5.74) is 1.55. The summed E-state index contributed by atoms with van der Waals surface area (Å²) in [5, 5.41) is 18.5. The van der Waals surface area contributed by atoms with Gasteiger partial charge >= 0.3 is 6.18 Å². The standard InChI is InChI=1S/C29H22F4N4O3.CHN/c1-15-14-40-27-21(15)10-23(37-26(27)17-3-5-20(30)6-4-17)22(29(31,32)33)13-36-28(38)19-8-18-7-16(11-34)12-35-25(18)24(9-19)39-2;1-2/h3-10,12,15,22H,13-14H2,1-2H3,(H,36,38);1H. The molecule has 1 aliphatic rings. The molecule has 8 nitrogen and oxygen atoms in total. The van der Waals surface area contributed by atoms with Crippen LogP contribution in [0.4, 0.5) is 17.6 Å². The van der Waals surface area contributed by atoms with Crippen molar-refractivity contribution in [1.82, 2.24) is 15.3 Å². The average Bonchev–Trinajstić information content (AvgIpc) is 3.36. The molecule has 214 valence electrons. The maximum absolute atomic E-state index is 14.4. The van der Waals surface area contributed by atoms with Crippen LogP contribution >= 0.6 is 0 Å². The van der Waals surface area contributed by atoms with Crippen LogP contribution in [-0.4, -0.2) is 42.3 Å². The molecule has 0 aliphatic carbocycles. The van der Waals surface area contributed by atoms with Gasteiger partial charge in [-0.2, -0.15) is 18.4 Å². The van der Waals surface area contributed by atoms with E-state index in [-0.39, 0.29) is 40.8 Å². The normalized spacial score (nSPS) is 14.5. The summed E-state index contributed by atoms with van der Waals surface area (Å²) in [6.07, 6.45) is -3.39. The average molecular weight is 578 g/mol. The van der Waals surface area contributed by atoms with Crippen molar-refractivity contribution < 1.29 is 31.8 Å². The van der Waals surface area contributed by atoms with Gasteiger partial charge < -0.3 is 14.8 Å². The first-order chi connectivity index (χ1) is 20.1. The van der Waals surface area contributed by atoms with Crippen LogP contribution in [0.15, 0.2) is 54.7 Å². The van der Waals surface area contributed by atoms with Gasteiger partial charge in [-0.3, -0.25) is 9.78 Å². The lowest BCUT2D eigenvalue weighted by molar-refractivity contribution is -0.149. The van der Waals surface area contributed by atoms with E-state index in [9.17, 15) is 27.6 Å². The Balaban J connectivity index is 0.00000198. The highest BCUT2D eigenvalue weighted by Gasteiger charge is 2.43. The molecule has 4 aromatic rings. The first kappa shape index (κ1) is 29.7. The first-order valence-electron chi connectivity index (χ1n) is 12.5. The molecular weight excluding hydrogens is 554 g/mol. The number of rotatable bonds is 6. The maximum Gasteiger partial charge on any atom is 0.398 e. The molecule has 2 atom stereocenters. The Hall–Kier alpha value is -5.23. The number of alkyl halides is 3. The van der Waals surface area contributed by atoms with Crippen molar-refractivity contribution in [3.05, 3.63) is 82.9 Å². The smallest absolute Gasteiger partial charge is 0.398 e. The van der Waals surface area contributed by atoms with Gasteiger partial charge in [-0.05, 0) is 48.5 Å². The van der Waals surface area contributed by atoms with E-state index in [4.69, 9.17) is 14.7 Å². The minimum absolute atomic E-state index is 0.0399. The number of nitriles is 2. The SMILES string of the molecule is C#N.COc1cc(C(=O)NCC(c2cc3c(c(-c4ccc(F)cc4)n2)OCC3C)C(F)(F)F)cc2cc(C#N)cnc12. The van der Waals surface area contributed by atoms with Gasteiger partial charge in [-0.25, -0.2) is 14.6 Å². The molecule has 0 spiro atoms. The molecule has 5 rings (SSSR count). The zero-order valence-corrected chi connectivity index (χ0v) is 22.4. The van der Waals surface area contributed by atoms with E-state index in [1.54, 1.807) is 0 Å². The maximum atomic E-state index is 14.4. The molecule has 12 heteroatoms. The van der Waals surface area contributed by atoms with Crippen LogP contribution in [0.25, 0.3) is 22.2 Å². The Labute approximate surface area is 238 Å². The molecular formula is C30H23F4N5O3. The molecule has 0 saturated carbocycles. The molecule has 2 aromatic heterocycles. The van der Waals surface area contributed by atoms with E-state index in [0.717, 1.165) is 0 Å². The number of fused-ring (bicyclic) bond motifs is 2. The van der Waals surface area contributed by atoms with Crippen LogP contribution in [0.2, 0.25) is 0 Å². The molecule has 42 heavy (non-hydrogen) atoms. The summed E-state index contributed by atoms with van der Waals surface area (Å²) >= 11 is 0. The lowest BCUT2D eigenvalue weighted by Crippen LogP contribution is -2.35. The van der Waals surface area contributed by atoms with Gasteiger partial charge in [0.25, 0.3) is 5.91 Å². The van der Waals surface area contributed by atoms with Crippen molar-refractivity contribution in [3.63, 3.8) is 0 Å². The molecule has 2 aromatic carbocycles. The number of hydrogen-bond acceptors (Lipinski definition) is 7. The second-order valence-electron chi connectivity index (χ2n) is 9.42. The van der Waals surface area contributed by atoms with Crippen molar-refractivity contribution in [2.75, 3.05) is 20.3 Å². The zero-order valence-electron chi connectivity index (χ0n) is 22.4. The van der Waals surface area contributed by atoms with E-state index in [1.165, 1.54) is 61.8 Å². The van der Waals surface area contributed by atoms with Gasteiger partial charge in [-0.1, -0.05) is 6.92 Å². The topological polar surface area (TPSA) is 121 Å². The lowest BCUT2D eigenvalue weighted by atomic mass is 9.95. The van der Waals surface area contributed by atoms with Gasteiger partial charge in [0, 0.05) is 47.3 Å². The van der Waals surface area contributed by atoms with Gasteiger partial charge in [0.1, 0.15) is 40.5 Å². The number of aromatic nitrogens is 2. The summed E-state index contributed by atoms with van der Waals surface area (Å²) in [6.45, 7) is 4.81. The number of carbonyl (C=O) groups excluding carboxylic acids is 1. The van der Waals surface area contributed by atoms with E-state index in [0.29, 0.717) is 27.8 Å². The number of benzene rings is 2. The van der Waals surface area contributed by atoms with Gasteiger partial charge in [-0.15, -0.1) is 0 Å². The summed E-state index contributed by atoms with van der Waals surface area (Å²) in [7, 11) is 1.37. The van der Waals surface area contributed by atoms with Crippen LogP contribution in [0, 0.1) is 29.0 Å². The van der Waals surface area contributed by atoms with Crippen molar-refractivity contribution >= 4 is 16.8 Å². The zero-order chi connectivity index (χ0) is 30.6. The summed E-state index contributed by atoms with van der Waals surface area (Å²) in [5.74, 6) is -2.99. The predicted molar refractivity (Wildman–Crippen MR) is 144 cm³/mol. The van der Waals surface area contributed by atoms with Gasteiger partial charge in [0.15, 0.2) is 0 Å². The van der Waals surface area contributed by atoms with E-state index in [2.05, 4.69) is 21.9 Å². The molecule has 1 aliphatic heterocycles. The second-order valence-corrected chi connectivity index (χ2v) is 9.42. The number of ether oxygens (including phenoxy) is 2. The fourth-order valence-electron chi connectivity index (χ4n) is 4.62. The van der Waals surface area contributed by atoms with E-state index in [1.807, 2.05) is 13.0 Å². The highest BCUT2D eigenvalue weighted by atomic mass is 19.4. The Kier molecular flexibility index (Phi) is 8.57. The summed E-state index contributed by atoms with van der Waals surface area (Å²) in [6, 6.07) is 12.9. The minimum atomic E-state index is -4.75. The molecule has 1 N–H and O–H groups in total. The Bertz CT molecular complexity index is 1700. The highest BCUT2D eigenvalue weighted by Crippen LogP contribution is 2.44. The number of nitrogens with one attached hydrogen (secondary N) is 1. The number of carbonyl (C=O) groups is 1. The van der Waals surface area contributed by atoms with Crippen LogP contribution in [0.3, 0.4) is 0 Å². The van der Waals surface area contributed by atoms with E-state index >= 15 is 0 Å². The largest absolute Gasteiger partial charge is 0.494 e. The second kappa shape index (κ2) is 12.1. The summed E-state index contributed by atoms with van der Waals surface area (Å²) < 4.78 is 67.7. The molecule has 2 unspecified atom stereocenters. The number of nitrogens with zero attached hydrogens (tertiary/aromatic N) is 4. The monoisotopic (exact) mass is 577 g/mol. The molecule has 1 amide bonds. The number of methoxy groups -OCH3 is 1. The van der Waals surface area contributed by atoms with Crippen LogP contribution in [0.1, 0.15) is 45.9 Å². The van der Waals surface area contributed by atoms with Crippen molar-refractivity contribution in [1.29, 1.82) is 10.5 Å². The van der Waals surface area contributed by atoms with Crippen LogP contribution in [0.5, 0.6) is 11.5 Å². The molecule has 0 fully saturated rings. The Morgan fingerprint density at radius 2 is 1.93 bits per heavy atom. The number of pyridine rings is 2. The van der Waals surface area contributed by atoms with Crippen LogP contribution < -0.4 is 14.8 Å². The van der Waals surface area contributed by atoms with E-state index < -0.39 is 30.4 Å². The van der Waals surface area contributed by atoms with Gasteiger partial charge in [0.2, 0.25) is 0 Å². The summed E-state index contributed by atoms with van der Waals surface area (Å²) in [4.78, 5) is 21.5. The third-order valence-electron chi connectivity index (χ3n) is 6.73. The molecule has 3 heterocycles. The van der Waals surface area contributed by atoms with Crippen molar-refractivity contribution in [2.45, 2.75) is 24.9 Å². The number of amides is 1. The molecule has 0 saturated heterocycles. The fourth-order valence-corrected chi connectivity index (χ4v) is 4.62. The van der Waals surface area contributed by atoms with Crippen molar-refractivity contribution in [2.24, 2.45) is 0 Å². The highest BCUT2D eigenvalue weighted by molar-refractivity contribution is 6.00. The quantitative estimate of drug-likeness (QED) is 0.278. The number of hydrogen-bond donors (Lipinski definition) is 1. The third kappa shape index (κ3) is 5.93. The van der Waals surface area contributed by atoms with Crippen molar-refractivity contribution in [3.8, 4) is 35.4 Å². The van der Waals surface area contributed by atoms with Gasteiger partial charge in [0.05, 0.1) is 25.0 Å². The molecule has 0 radical (unpaired) electrons. The lowest BCUT2D eigenvalue weighted by Gasteiger charge is -2.22. The minimum Gasteiger partial charge on any atom is -0.494 e. The number of halogens is 4. The Morgan fingerprint density at radius 3 is 2.57 bits per heavy atom. The third-order valence-corrected chi connectivity index (χ3v) is 6.73.